The van der Waals surface area contributed by atoms with Gasteiger partial charge in [-0.15, -0.1) is 0 Å². The van der Waals surface area contributed by atoms with Crippen molar-refractivity contribution in [1.82, 2.24) is 15.3 Å². The molecule has 2 aromatic rings. The molecule has 0 radical (unpaired) electrons. The highest BCUT2D eigenvalue weighted by Crippen LogP contribution is 2.38. The number of hydrogen-bond acceptors (Lipinski definition) is 6. The summed E-state index contributed by atoms with van der Waals surface area (Å²) in [5.41, 5.74) is 2.19. The molecule has 180 valence electrons. The largest absolute Gasteiger partial charge is 0.497 e. The van der Waals surface area contributed by atoms with E-state index in [9.17, 15) is 9.59 Å². The molecule has 4 rings (SSSR count). The molecule has 1 aromatic heterocycles. The summed E-state index contributed by atoms with van der Waals surface area (Å²) >= 11 is 6.54. The molecule has 2 heterocycles. The molecule has 2 unspecified atom stereocenters. The van der Waals surface area contributed by atoms with E-state index in [2.05, 4.69) is 27.2 Å². The fourth-order valence-corrected chi connectivity index (χ4v) is 4.69. The average Bonchev–Trinajstić information content (AvgIpc) is 2.84. The second-order valence-electron chi connectivity index (χ2n) is 8.60. The van der Waals surface area contributed by atoms with Crippen molar-refractivity contribution in [3.8, 4) is 5.75 Å². The van der Waals surface area contributed by atoms with Crippen molar-refractivity contribution in [3.63, 3.8) is 0 Å². The molecule has 9 nitrogen and oxygen atoms in total. The van der Waals surface area contributed by atoms with Gasteiger partial charge in [0.05, 0.1) is 24.4 Å². The molecule has 2 N–H and O–H groups in total. The Kier molecular flexibility index (Phi) is 6.92. The van der Waals surface area contributed by atoms with Gasteiger partial charge < -0.3 is 15.4 Å². The number of aryl methyl sites for hydroxylation is 1. The normalized spacial score (nSPS) is 19.9. The summed E-state index contributed by atoms with van der Waals surface area (Å²) in [7, 11) is 3.26. The van der Waals surface area contributed by atoms with Crippen LogP contribution in [0.5, 0.6) is 5.75 Å². The van der Waals surface area contributed by atoms with E-state index in [4.69, 9.17) is 16.3 Å². The van der Waals surface area contributed by atoms with Gasteiger partial charge in [-0.05, 0) is 37.5 Å². The highest BCUT2D eigenvalue weighted by atomic mass is 35.5. The second-order valence-corrected chi connectivity index (χ2v) is 8.98. The standard InChI is InChI=1S/C24H29ClN6O3/c1-5-20(32)27-17-8-6-7-9-18(17)28-23-26-12-15-13-31(24(33)30(3)22(15)29-23)19-11-16(34-4)10-14(2)21(19)25/h5,10-12,17-18H,1,6-9,13H2,2-4H3,(H,27,32)(H,26,28,29). The lowest BCUT2D eigenvalue weighted by molar-refractivity contribution is -0.117. The van der Waals surface area contributed by atoms with Crippen LogP contribution in [0, 0.1) is 6.92 Å². The number of urea groups is 1. The number of carbonyl (C=O) groups excluding carboxylic acids is 2. The third-order valence-corrected chi connectivity index (χ3v) is 6.83. The Morgan fingerprint density at radius 3 is 2.74 bits per heavy atom. The molecular formula is C24H29ClN6O3. The van der Waals surface area contributed by atoms with Crippen molar-refractivity contribution in [2.45, 2.75) is 51.2 Å². The topological polar surface area (TPSA) is 99.7 Å². The Hall–Kier alpha value is -3.33. The zero-order valence-electron chi connectivity index (χ0n) is 19.6. The molecule has 1 aliphatic carbocycles. The van der Waals surface area contributed by atoms with Gasteiger partial charge in [-0.25, -0.2) is 9.78 Å². The number of anilines is 3. The highest BCUT2D eigenvalue weighted by Gasteiger charge is 2.33. The third-order valence-electron chi connectivity index (χ3n) is 6.33. The lowest BCUT2D eigenvalue weighted by Crippen LogP contribution is -2.48. The predicted octanol–water partition coefficient (Wildman–Crippen LogP) is 4.05. The molecule has 1 fully saturated rings. The Morgan fingerprint density at radius 1 is 1.29 bits per heavy atom. The average molecular weight is 485 g/mol. The van der Waals surface area contributed by atoms with Crippen LogP contribution < -0.4 is 25.2 Å². The minimum Gasteiger partial charge on any atom is -0.497 e. The molecule has 2 atom stereocenters. The van der Waals surface area contributed by atoms with Crippen molar-refractivity contribution in [3.05, 3.63) is 47.1 Å². The zero-order valence-corrected chi connectivity index (χ0v) is 20.4. The molecule has 0 spiro atoms. The lowest BCUT2D eigenvalue weighted by Gasteiger charge is -2.35. The number of nitrogens with one attached hydrogen (secondary N) is 2. The van der Waals surface area contributed by atoms with Crippen molar-refractivity contribution >= 4 is 41.0 Å². The molecule has 10 heteroatoms. The van der Waals surface area contributed by atoms with E-state index in [0.29, 0.717) is 28.2 Å². The monoisotopic (exact) mass is 484 g/mol. The zero-order chi connectivity index (χ0) is 24.4. The minimum atomic E-state index is -0.250. The lowest BCUT2D eigenvalue weighted by atomic mass is 9.90. The van der Waals surface area contributed by atoms with Crippen LogP contribution in [-0.2, 0) is 11.3 Å². The number of amides is 3. The molecule has 1 aliphatic heterocycles. The first kappa shape index (κ1) is 23.8. The van der Waals surface area contributed by atoms with Crippen LogP contribution in [0.1, 0.15) is 36.8 Å². The second kappa shape index (κ2) is 9.89. The summed E-state index contributed by atoms with van der Waals surface area (Å²) in [5, 5.41) is 6.85. The Labute approximate surface area is 204 Å². The van der Waals surface area contributed by atoms with Crippen LogP contribution in [0.4, 0.5) is 22.2 Å². The van der Waals surface area contributed by atoms with Crippen molar-refractivity contribution in [1.29, 1.82) is 0 Å². The van der Waals surface area contributed by atoms with E-state index in [1.807, 2.05) is 13.0 Å². The molecule has 1 aromatic carbocycles. The summed E-state index contributed by atoms with van der Waals surface area (Å²) in [6, 6.07) is 3.29. The van der Waals surface area contributed by atoms with Gasteiger partial charge >= 0.3 is 6.03 Å². The summed E-state index contributed by atoms with van der Waals surface area (Å²) in [6.45, 7) is 5.69. The quantitative estimate of drug-likeness (QED) is 0.600. The molecular weight excluding hydrogens is 456 g/mol. The van der Waals surface area contributed by atoms with Crippen LogP contribution >= 0.6 is 11.6 Å². The number of aromatic nitrogens is 2. The van der Waals surface area contributed by atoms with Gasteiger partial charge in [-0.1, -0.05) is 31.0 Å². The van der Waals surface area contributed by atoms with Crippen molar-refractivity contribution < 1.29 is 14.3 Å². The number of benzene rings is 1. The van der Waals surface area contributed by atoms with Crippen molar-refractivity contribution in [2.24, 2.45) is 0 Å². The van der Waals surface area contributed by atoms with Crippen LogP contribution in [0.2, 0.25) is 5.02 Å². The molecule has 0 bridgehead atoms. The van der Waals surface area contributed by atoms with E-state index in [-0.39, 0.29) is 30.6 Å². The number of methoxy groups -OCH3 is 1. The van der Waals surface area contributed by atoms with E-state index < -0.39 is 0 Å². The highest BCUT2D eigenvalue weighted by molar-refractivity contribution is 6.34. The first-order chi connectivity index (χ1) is 16.3. The van der Waals surface area contributed by atoms with Crippen LogP contribution in [0.25, 0.3) is 0 Å². The molecule has 34 heavy (non-hydrogen) atoms. The minimum absolute atomic E-state index is 0.00429. The van der Waals surface area contributed by atoms with Gasteiger partial charge in [-0.3, -0.25) is 14.6 Å². The first-order valence-electron chi connectivity index (χ1n) is 11.3. The van der Waals surface area contributed by atoms with Crippen LogP contribution in [0.15, 0.2) is 31.0 Å². The number of fused-ring (bicyclic) bond motifs is 1. The molecule has 1 saturated carbocycles. The number of carbonyl (C=O) groups is 2. The van der Waals surface area contributed by atoms with E-state index in [1.165, 1.54) is 11.0 Å². The van der Waals surface area contributed by atoms with Gasteiger partial charge in [0.2, 0.25) is 11.9 Å². The van der Waals surface area contributed by atoms with E-state index in [1.54, 1.807) is 31.3 Å². The van der Waals surface area contributed by atoms with Gasteiger partial charge in [0, 0.05) is 37.0 Å². The number of rotatable bonds is 6. The fraction of sp³-hybridized carbons (Fsp3) is 0.417. The maximum Gasteiger partial charge on any atom is 0.330 e. The van der Waals surface area contributed by atoms with Gasteiger partial charge in [-0.2, -0.15) is 4.98 Å². The summed E-state index contributed by atoms with van der Waals surface area (Å²) < 4.78 is 5.37. The summed E-state index contributed by atoms with van der Waals surface area (Å²) in [6.07, 6.45) is 6.86. The number of halogens is 1. The first-order valence-corrected chi connectivity index (χ1v) is 11.6. The Morgan fingerprint density at radius 2 is 2.03 bits per heavy atom. The maximum absolute atomic E-state index is 13.3. The smallest absolute Gasteiger partial charge is 0.330 e. The van der Waals surface area contributed by atoms with Gasteiger partial charge in [0.15, 0.2) is 0 Å². The van der Waals surface area contributed by atoms with Crippen molar-refractivity contribution in [2.75, 3.05) is 29.3 Å². The number of nitrogens with zero attached hydrogens (tertiary/aromatic N) is 4. The van der Waals surface area contributed by atoms with Gasteiger partial charge in [0.25, 0.3) is 0 Å². The van der Waals surface area contributed by atoms with Crippen LogP contribution in [-0.4, -0.2) is 48.1 Å². The summed E-state index contributed by atoms with van der Waals surface area (Å²) in [5.74, 6) is 1.39. The molecule has 2 aliphatic rings. The van der Waals surface area contributed by atoms with Crippen LogP contribution in [0.3, 0.4) is 0 Å². The summed E-state index contributed by atoms with van der Waals surface area (Å²) in [4.78, 5) is 37.3. The molecule has 3 amide bonds. The Bertz CT molecular complexity index is 1120. The number of hydrogen-bond donors (Lipinski definition) is 2. The molecule has 0 saturated heterocycles. The Balaban J connectivity index is 1.58. The van der Waals surface area contributed by atoms with Gasteiger partial charge in [0.1, 0.15) is 11.6 Å². The van der Waals surface area contributed by atoms with E-state index >= 15 is 0 Å². The van der Waals surface area contributed by atoms with E-state index in [0.717, 1.165) is 36.8 Å². The number of ether oxygens (including phenoxy) is 1. The third kappa shape index (κ3) is 4.65. The predicted molar refractivity (Wildman–Crippen MR) is 133 cm³/mol. The maximum atomic E-state index is 13.3. The SMILES string of the molecule is C=CC(=O)NC1CCCCC1Nc1ncc2c(n1)N(C)C(=O)N(c1cc(OC)cc(C)c1Cl)C2. The fourth-order valence-electron chi connectivity index (χ4n) is 4.48.